The average Bonchev–Trinajstić information content (AvgIpc) is 3.45. The van der Waals surface area contributed by atoms with Gasteiger partial charge in [0.1, 0.15) is 12.3 Å². The first-order chi connectivity index (χ1) is 24.7. The minimum absolute atomic E-state index is 0.0141. The molecule has 5 fully saturated rings. The molecule has 0 radical (unpaired) electrons. The van der Waals surface area contributed by atoms with Gasteiger partial charge < -0.3 is 34.8 Å². The molecule has 3 aromatic rings. The molecule has 2 aromatic carbocycles. The molecule has 0 spiro atoms. The zero-order valence-electron chi connectivity index (χ0n) is 28.8. The number of fused-ring (bicyclic) bond motifs is 4. The molecule has 4 bridgehead atoms. The lowest BCUT2D eigenvalue weighted by Crippen LogP contribution is -2.50. The summed E-state index contributed by atoms with van der Waals surface area (Å²) in [6.45, 7) is 8.66. The van der Waals surface area contributed by atoms with Crippen molar-refractivity contribution in [2.24, 2.45) is 0 Å². The van der Waals surface area contributed by atoms with Crippen LogP contribution in [0.3, 0.4) is 0 Å². The van der Waals surface area contributed by atoms with E-state index in [1.54, 1.807) is 48.5 Å². The van der Waals surface area contributed by atoms with Crippen LogP contribution < -0.4 is 20.4 Å². The van der Waals surface area contributed by atoms with Crippen molar-refractivity contribution in [1.82, 2.24) is 24.8 Å². The lowest BCUT2D eigenvalue weighted by Gasteiger charge is -2.37. The van der Waals surface area contributed by atoms with E-state index < -0.39 is 30.5 Å². The second-order valence-corrected chi connectivity index (χ2v) is 14.2. The molecule has 6 heterocycles. The third-order valence-electron chi connectivity index (χ3n) is 10.7. The van der Waals surface area contributed by atoms with Crippen molar-refractivity contribution in [2.45, 2.75) is 69.2 Å². The first-order valence-corrected chi connectivity index (χ1v) is 17.8. The minimum Gasteiger partial charge on any atom is -0.377 e. The topological polar surface area (TPSA) is 128 Å². The molecule has 5 aliphatic heterocycles. The van der Waals surface area contributed by atoms with Crippen molar-refractivity contribution in [3.05, 3.63) is 54.1 Å². The largest absolute Gasteiger partial charge is 0.377 e. The fraction of sp³-hybridized carbons (Fsp3) is 0.528. The molecule has 3 amide bonds. The van der Waals surface area contributed by atoms with Crippen molar-refractivity contribution >= 4 is 35.2 Å². The number of amides is 3. The Hall–Kier alpha value is -4.47. The average molecular weight is 704 g/mol. The SMILES string of the molecule is CC(C)N1CCN(C(=O)c2ccc(NC(=O)Nc3ccc(-c4nc(N5C6COCC5C(F)C6)nc(N5C6COCC5C(F)C6)n4)cc3)cc2)CC1. The number of nitrogens with zero attached hydrogens (tertiary/aromatic N) is 7. The van der Waals surface area contributed by atoms with Crippen LogP contribution in [-0.2, 0) is 9.47 Å². The van der Waals surface area contributed by atoms with Gasteiger partial charge in [0.05, 0.1) is 50.6 Å². The maximum Gasteiger partial charge on any atom is 0.323 e. The maximum atomic E-state index is 15.0. The Labute approximate surface area is 295 Å². The summed E-state index contributed by atoms with van der Waals surface area (Å²) in [5.41, 5.74) is 2.33. The van der Waals surface area contributed by atoms with Crippen LogP contribution in [0, 0.1) is 0 Å². The van der Waals surface area contributed by atoms with Crippen LogP contribution in [0.1, 0.15) is 37.0 Å². The molecule has 5 aliphatic rings. The molecular weight excluding hydrogens is 660 g/mol. The van der Waals surface area contributed by atoms with E-state index in [1.165, 1.54) is 0 Å². The Morgan fingerprint density at radius 1 is 0.725 bits per heavy atom. The summed E-state index contributed by atoms with van der Waals surface area (Å²) < 4.78 is 41.3. The van der Waals surface area contributed by atoms with E-state index in [2.05, 4.69) is 29.4 Å². The number of aromatic nitrogens is 3. The Balaban J connectivity index is 0.956. The van der Waals surface area contributed by atoms with Crippen molar-refractivity contribution in [2.75, 3.05) is 73.0 Å². The highest BCUT2D eigenvalue weighted by molar-refractivity contribution is 6.00. The number of ether oxygens (including phenoxy) is 2. The highest BCUT2D eigenvalue weighted by Crippen LogP contribution is 2.38. The number of morpholine rings is 2. The number of carbonyl (C=O) groups is 2. The Kier molecular flexibility index (Phi) is 9.19. The standard InChI is InChI=1S/C36H43F2N9O4/c1-21(2)44-11-13-45(14-12-44)33(48)23-5-9-25(10-6-23)40-36(49)39-24-7-3-22(4-8-24)32-41-34(46-26-15-28(37)30(46)19-50-17-26)43-35(42-32)47-27-16-29(38)31(47)20-51-18-27/h3-10,21,26-31H,11-20H2,1-2H3,(H2,39,40,49). The van der Waals surface area contributed by atoms with Crippen LogP contribution in [0.15, 0.2) is 48.5 Å². The number of piperazine rings is 1. The lowest BCUT2D eigenvalue weighted by molar-refractivity contribution is 0.0595. The fourth-order valence-corrected chi connectivity index (χ4v) is 7.92. The van der Waals surface area contributed by atoms with Gasteiger partial charge in [-0.2, -0.15) is 15.0 Å². The molecule has 6 atom stereocenters. The molecule has 0 saturated carbocycles. The monoisotopic (exact) mass is 703 g/mol. The van der Waals surface area contributed by atoms with E-state index in [1.807, 2.05) is 14.7 Å². The van der Waals surface area contributed by atoms with Crippen LogP contribution in [0.4, 0.5) is 36.8 Å². The number of benzene rings is 2. The zero-order valence-corrected chi connectivity index (χ0v) is 28.8. The van der Waals surface area contributed by atoms with Gasteiger partial charge in [0, 0.05) is 67.6 Å². The molecule has 2 N–H and O–H groups in total. The Bertz CT molecular complexity index is 1690. The molecule has 15 heteroatoms. The van der Waals surface area contributed by atoms with Gasteiger partial charge in [-0.05, 0) is 62.4 Å². The van der Waals surface area contributed by atoms with Gasteiger partial charge in [0.15, 0.2) is 5.82 Å². The summed E-state index contributed by atoms with van der Waals surface area (Å²) in [6, 6.07) is 12.5. The van der Waals surface area contributed by atoms with Gasteiger partial charge in [-0.1, -0.05) is 0 Å². The van der Waals surface area contributed by atoms with E-state index in [0.29, 0.717) is 85.4 Å². The molecule has 270 valence electrons. The summed E-state index contributed by atoms with van der Waals surface area (Å²) in [4.78, 5) is 48.3. The smallest absolute Gasteiger partial charge is 0.323 e. The second-order valence-electron chi connectivity index (χ2n) is 14.2. The van der Waals surface area contributed by atoms with Gasteiger partial charge in [-0.3, -0.25) is 9.69 Å². The number of urea groups is 1. The van der Waals surface area contributed by atoms with Gasteiger partial charge in [-0.15, -0.1) is 0 Å². The summed E-state index contributed by atoms with van der Waals surface area (Å²) in [5.74, 6) is 1.04. The summed E-state index contributed by atoms with van der Waals surface area (Å²) in [7, 11) is 0. The fourth-order valence-electron chi connectivity index (χ4n) is 7.92. The lowest BCUT2D eigenvalue weighted by atomic mass is 10.1. The number of nitrogens with one attached hydrogen (secondary N) is 2. The van der Waals surface area contributed by atoms with Gasteiger partial charge >= 0.3 is 6.03 Å². The van der Waals surface area contributed by atoms with E-state index in [-0.39, 0.29) is 31.2 Å². The number of rotatable bonds is 7. The zero-order chi connectivity index (χ0) is 35.2. The predicted octanol–water partition coefficient (Wildman–Crippen LogP) is 3.98. The normalized spacial score (nSPS) is 27.6. The molecule has 6 unspecified atom stereocenters. The Morgan fingerprint density at radius 3 is 1.73 bits per heavy atom. The number of halogens is 2. The van der Waals surface area contributed by atoms with Gasteiger partial charge in [0.2, 0.25) is 11.9 Å². The minimum atomic E-state index is -1.07. The highest BCUT2D eigenvalue weighted by Gasteiger charge is 2.49. The molecule has 13 nitrogen and oxygen atoms in total. The van der Waals surface area contributed by atoms with Gasteiger partial charge in [0.25, 0.3) is 5.91 Å². The van der Waals surface area contributed by atoms with Crippen LogP contribution >= 0.6 is 0 Å². The summed E-state index contributed by atoms with van der Waals surface area (Å²) in [5, 5.41) is 5.65. The molecule has 5 saturated heterocycles. The van der Waals surface area contributed by atoms with Crippen LogP contribution in [0.25, 0.3) is 11.4 Å². The molecule has 1 aromatic heterocycles. The highest BCUT2D eigenvalue weighted by atomic mass is 19.1. The van der Waals surface area contributed by atoms with Crippen molar-refractivity contribution < 1.29 is 27.8 Å². The van der Waals surface area contributed by atoms with Crippen molar-refractivity contribution in [1.29, 1.82) is 0 Å². The van der Waals surface area contributed by atoms with E-state index >= 15 is 0 Å². The quantitative estimate of drug-likeness (QED) is 0.373. The number of carbonyl (C=O) groups excluding carboxylic acids is 2. The molecule has 51 heavy (non-hydrogen) atoms. The van der Waals surface area contributed by atoms with E-state index in [4.69, 9.17) is 24.4 Å². The molecular formula is C36H43F2N9O4. The van der Waals surface area contributed by atoms with Crippen LogP contribution in [0.2, 0.25) is 0 Å². The first-order valence-electron chi connectivity index (χ1n) is 17.8. The number of hydrogen-bond donors (Lipinski definition) is 2. The number of anilines is 4. The van der Waals surface area contributed by atoms with Crippen LogP contribution in [0.5, 0.6) is 0 Å². The summed E-state index contributed by atoms with van der Waals surface area (Å²) >= 11 is 0. The third kappa shape index (κ3) is 6.69. The molecule has 8 rings (SSSR count). The van der Waals surface area contributed by atoms with E-state index in [9.17, 15) is 18.4 Å². The van der Waals surface area contributed by atoms with Crippen molar-refractivity contribution in [3.63, 3.8) is 0 Å². The van der Waals surface area contributed by atoms with Crippen molar-refractivity contribution in [3.8, 4) is 11.4 Å². The maximum absolute atomic E-state index is 15.0. The second kappa shape index (κ2) is 13.9. The number of alkyl halides is 2. The number of hydrogen-bond acceptors (Lipinski definition) is 10. The molecule has 0 aliphatic carbocycles. The third-order valence-corrected chi connectivity index (χ3v) is 10.7. The van der Waals surface area contributed by atoms with Gasteiger partial charge in [-0.25, -0.2) is 13.6 Å². The Morgan fingerprint density at radius 2 is 1.24 bits per heavy atom. The predicted molar refractivity (Wildman–Crippen MR) is 188 cm³/mol. The first kappa shape index (κ1) is 33.7. The van der Waals surface area contributed by atoms with Crippen LogP contribution in [-0.4, -0.2) is 132 Å². The summed E-state index contributed by atoms with van der Waals surface area (Å²) in [6.07, 6.45) is -1.47. The van der Waals surface area contributed by atoms with E-state index in [0.717, 1.165) is 13.1 Å².